The van der Waals surface area contributed by atoms with Crippen molar-refractivity contribution in [2.75, 3.05) is 49.1 Å². The fraction of sp³-hybridized carbons (Fsp3) is 0.520. The van der Waals surface area contributed by atoms with E-state index in [2.05, 4.69) is 10.00 Å². The molecular formula is C25H29FN6O2S. The van der Waals surface area contributed by atoms with Crippen molar-refractivity contribution in [3.63, 3.8) is 0 Å². The normalized spacial score (nSPS) is 19.3. The Balaban J connectivity index is 1.08. The molecule has 3 aliphatic rings. The van der Waals surface area contributed by atoms with Gasteiger partial charge in [0.1, 0.15) is 5.82 Å². The average Bonchev–Trinajstić information content (AvgIpc) is 3.33. The van der Waals surface area contributed by atoms with Crippen LogP contribution in [0.25, 0.3) is 4.96 Å². The predicted octanol–water partition coefficient (Wildman–Crippen LogP) is 2.73. The molecule has 184 valence electrons. The van der Waals surface area contributed by atoms with Crippen LogP contribution in [0.2, 0.25) is 0 Å². The summed E-state index contributed by atoms with van der Waals surface area (Å²) in [5, 5.41) is 5.41. The minimum absolute atomic E-state index is 0.00574. The number of para-hydroxylation sites is 1. The number of piperazine rings is 1. The summed E-state index contributed by atoms with van der Waals surface area (Å²) in [4.78, 5) is 37.6. The number of nitrogens with zero attached hydrogens (tertiary/aromatic N) is 6. The minimum atomic E-state index is -0.216. The van der Waals surface area contributed by atoms with Crippen LogP contribution in [0, 0.1) is 11.7 Å². The van der Waals surface area contributed by atoms with Crippen LogP contribution in [-0.4, -0.2) is 64.7 Å². The third-order valence-corrected chi connectivity index (χ3v) is 8.54. The number of amides is 1. The van der Waals surface area contributed by atoms with E-state index in [0.29, 0.717) is 36.8 Å². The van der Waals surface area contributed by atoms with Gasteiger partial charge in [0.2, 0.25) is 16.0 Å². The molecule has 0 bridgehead atoms. The summed E-state index contributed by atoms with van der Waals surface area (Å²) in [7, 11) is 0. The van der Waals surface area contributed by atoms with Crippen LogP contribution < -0.4 is 15.4 Å². The highest BCUT2D eigenvalue weighted by Crippen LogP contribution is 2.29. The first-order valence-corrected chi connectivity index (χ1v) is 13.3. The summed E-state index contributed by atoms with van der Waals surface area (Å²) in [6, 6.07) is 6.81. The van der Waals surface area contributed by atoms with Crippen molar-refractivity contribution < 1.29 is 9.18 Å². The predicted molar refractivity (Wildman–Crippen MR) is 134 cm³/mol. The van der Waals surface area contributed by atoms with Crippen molar-refractivity contribution in [1.29, 1.82) is 0 Å². The van der Waals surface area contributed by atoms with Gasteiger partial charge >= 0.3 is 0 Å². The van der Waals surface area contributed by atoms with Gasteiger partial charge in [-0.3, -0.25) is 9.59 Å². The van der Waals surface area contributed by atoms with E-state index in [1.54, 1.807) is 12.1 Å². The summed E-state index contributed by atoms with van der Waals surface area (Å²) in [5.41, 5.74) is 2.35. The number of anilines is 2. The zero-order valence-electron chi connectivity index (χ0n) is 19.7. The van der Waals surface area contributed by atoms with Crippen LogP contribution in [0.15, 0.2) is 29.1 Å². The first-order valence-electron chi connectivity index (χ1n) is 12.5. The Labute approximate surface area is 207 Å². The molecule has 10 heteroatoms. The number of fused-ring (bicyclic) bond motifs is 2. The smallest absolute Gasteiger partial charge is 0.278 e. The van der Waals surface area contributed by atoms with Gasteiger partial charge in [0.15, 0.2) is 0 Å². The lowest BCUT2D eigenvalue weighted by Crippen LogP contribution is -2.52. The van der Waals surface area contributed by atoms with Crippen molar-refractivity contribution in [1.82, 2.24) is 19.5 Å². The van der Waals surface area contributed by atoms with Crippen molar-refractivity contribution in [2.24, 2.45) is 5.92 Å². The van der Waals surface area contributed by atoms with Crippen molar-refractivity contribution in [3.05, 3.63) is 51.7 Å². The Morgan fingerprint density at radius 2 is 1.71 bits per heavy atom. The second-order valence-corrected chi connectivity index (χ2v) is 10.6. The molecule has 0 unspecified atom stereocenters. The summed E-state index contributed by atoms with van der Waals surface area (Å²) >= 11 is 1.46. The van der Waals surface area contributed by atoms with E-state index in [1.165, 1.54) is 21.9 Å². The lowest BCUT2D eigenvalue weighted by Gasteiger charge is -2.39. The van der Waals surface area contributed by atoms with E-state index in [1.807, 2.05) is 15.9 Å². The van der Waals surface area contributed by atoms with Gasteiger partial charge in [-0.05, 0) is 50.7 Å². The molecular weight excluding hydrogens is 467 g/mol. The molecule has 0 N–H and O–H groups in total. The maximum atomic E-state index is 14.1. The molecule has 0 radical (unpaired) electrons. The number of benzene rings is 1. The Bertz CT molecular complexity index is 1310. The number of carbonyl (C=O) groups excluding carboxylic acids is 1. The lowest BCUT2D eigenvalue weighted by molar-refractivity contribution is -0.136. The summed E-state index contributed by atoms with van der Waals surface area (Å²) in [6.45, 7) is 3.99. The van der Waals surface area contributed by atoms with E-state index >= 15 is 0 Å². The number of hydrogen-bond acceptors (Lipinski definition) is 7. The van der Waals surface area contributed by atoms with Gasteiger partial charge in [-0.2, -0.15) is 4.52 Å². The van der Waals surface area contributed by atoms with E-state index in [0.717, 1.165) is 68.0 Å². The molecule has 2 aromatic heterocycles. The molecule has 0 spiro atoms. The highest BCUT2D eigenvalue weighted by Gasteiger charge is 2.32. The number of aromatic nitrogens is 3. The third kappa shape index (κ3) is 4.17. The minimum Gasteiger partial charge on any atom is -0.366 e. The standard InChI is InChI=1S/C25H29FN6O2S/c26-19-6-2-4-8-21(19)29-13-15-30(16-14-29)22(33)17-9-11-31(12-10-17)25-28-32-23(34)18-5-1-3-7-20(18)27-24(32)35-25/h2,4,6,8,17H,1,3,5,7,9-16H2. The van der Waals surface area contributed by atoms with Gasteiger partial charge < -0.3 is 14.7 Å². The molecule has 2 saturated heterocycles. The van der Waals surface area contributed by atoms with Crippen LogP contribution in [-0.2, 0) is 17.6 Å². The van der Waals surface area contributed by atoms with E-state index in [4.69, 9.17) is 4.98 Å². The molecule has 0 saturated carbocycles. The maximum absolute atomic E-state index is 14.1. The molecule has 2 aliphatic heterocycles. The Hall–Kier alpha value is -3.01. The van der Waals surface area contributed by atoms with Crippen molar-refractivity contribution >= 4 is 33.0 Å². The van der Waals surface area contributed by atoms with Crippen LogP contribution in [0.3, 0.4) is 0 Å². The van der Waals surface area contributed by atoms with Crippen LogP contribution in [0.5, 0.6) is 0 Å². The van der Waals surface area contributed by atoms with Crippen LogP contribution >= 0.6 is 11.3 Å². The van der Waals surface area contributed by atoms with Crippen LogP contribution in [0.4, 0.5) is 15.2 Å². The van der Waals surface area contributed by atoms with Crippen LogP contribution in [0.1, 0.15) is 36.9 Å². The van der Waals surface area contributed by atoms with Gasteiger partial charge in [-0.25, -0.2) is 9.37 Å². The summed E-state index contributed by atoms with van der Waals surface area (Å²) in [6.07, 6.45) is 5.31. The Morgan fingerprint density at radius 3 is 2.49 bits per heavy atom. The van der Waals surface area contributed by atoms with E-state index in [-0.39, 0.29) is 23.2 Å². The monoisotopic (exact) mass is 496 g/mol. The largest absolute Gasteiger partial charge is 0.366 e. The van der Waals surface area contributed by atoms with E-state index < -0.39 is 0 Å². The molecule has 0 atom stereocenters. The van der Waals surface area contributed by atoms with Gasteiger partial charge in [-0.1, -0.05) is 23.5 Å². The topological polar surface area (TPSA) is 74.0 Å². The molecule has 2 fully saturated rings. The van der Waals surface area contributed by atoms with Gasteiger partial charge in [0.25, 0.3) is 5.56 Å². The van der Waals surface area contributed by atoms with Gasteiger partial charge in [-0.15, -0.1) is 5.10 Å². The Morgan fingerprint density at radius 1 is 0.971 bits per heavy atom. The average molecular weight is 497 g/mol. The first-order chi connectivity index (χ1) is 17.1. The highest BCUT2D eigenvalue weighted by molar-refractivity contribution is 7.20. The number of halogens is 1. The molecule has 1 aliphatic carbocycles. The number of rotatable bonds is 3. The zero-order chi connectivity index (χ0) is 23.9. The molecule has 6 rings (SSSR count). The highest BCUT2D eigenvalue weighted by atomic mass is 32.1. The zero-order valence-corrected chi connectivity index (χ0v) is 20.5. The molecule has 8 nitrogen and oxygen atoms in total. The van der Waals surface area contributed by atoms with E-state index in [9.17, 15) is 14.0 Å². The first kappa shape index (κ1) is 22.5. The quantitative estimate of drug-likeness (QED) is 0.555. The number of hydrogen-bond donors (Lipinski definition) is 0. The summed E-state index contributed by atoms with van der Waals surface area (Å²) < 4.78 is 15.6. The lowest BCUT2D eigenvalue weighted by atomic mass is 9.95. The molecule has 1 aromatic carbocycles. The molecule has 3 aromatic rings. The molecule has 35 heavy (non-hydrogen) atoms. The van der Waals surface area contributed by atoms with Gasteiger partial charge in [0, 0.05) is 50.7 Å². The molecule has 4 heterocycles. The fourth-order valence-electron chi connectivity index (χ4n) is 5.54. The maximum Gasteiger partial charge on any atom is 0.278 e. The SMILES string of the molecule is O=C(C1CCN(c2nn3c(=O)c4c(nc3s2)CCCC4)CC1)N1CCN(c2ccccc2F)CC1. The Kier molecular flexibility index (Phi) is 5.91. The third-order valence-electron chi connectivity index (χ3n) is 7.57. The van der Waals surface area contributed by atoms with Crippen molar-refractivity contribution in [2.45, 2.75) is 38.5 Å². The summed E-state index contributed by atoms with van der Waals surface area (Å²) in [5.74, 6) is -0.0198. The number of piperidine rings is 1. The fourth-order valence-corrected chi connectivity index (χ4v) is 6.51. The second kappa shape index (κ2) is 9.22. The van der Waals surface area contributed by atoms with Gasteiger partial charge in [0.05, 0.1) is 11.4 Å². The molecule has 1 amide bonds. The number of carbonyl (C=O) groups is 1. The second-order valence-electron chi connectivity index (χ2n) is 9.65. The number of aryl methyl sites for hydroxylation is 1. The van der Waals surface area contributed by atoms with Crippen molar-refractivity contribution in [3.8, 4) is 0 Å².